The molecule has 0 bridgehead atoms. The number of nitrogens with zero attached hydrogens (tertiary/aromatic N) is 1. The Hall–Kier alpha value is -1.14. The lowest BCUT2D eigenvalue weighted by Gasteiger charge is -2.33. The summed E-state index contributed by atoms with van der Waals surface area (Å²) in [4.78, 5) is 24.8. The zero-order chi connectivity index (χ0) is 13.8. The number of carboxylic acid groups (broad SMARTS) is 1. The van der Waals surface area contributed by atoms with Gasteiger partial charge in [0.1, 0.15) is 6.10 Å². The molecule has 1 amide bonds. The average molecular weight is 271 g/mol. The van der Waals surface area contributed by atoms with E-state index in [4.69, 9.17) is 14.6 Å². The monoisotopic (exact) mass is 271 g/mol. The van der Waals surface area contributed by atoms with Gasteiger partial charge in [-0.3, -0.25) is 4.79 Å². The third-order valence-electron chi connectivity index (χ3n) is 3.66. The number of amides is 1. The molecule has 108 valence electrons. The second-order valence-electron chi connectivity index (χ2n) is 5.03. The molecule has 0 saturated carbocycles. The predicted molar refractivity (Wildman–Crippen MR) is 66.8 cm³/mol. The van der Waals surface area contributed by atoms with Crippen molar-refractivity contribution >= 4 is 11.9 Å². The van der Waals surface area contributed by atoms with E-state index in [1.807, 2.05) is 6.92 Å². The zero-order valence-corrected chi connectivity index (χ0v) is 11.2. The maximum atomic E-state index is 12.3. The number of piperidine rings is 1. The Morgan fingerprint density at radius 3 is 2.68 bits per heavy atom. The summed E-state index contributed by atoms with van der Waals surface area (Å²) in [6.45, 7) is 3.89. The van der Waals surface area contributed by atoms with Crippen LogP contribution < -0.4 is 0 Å². The van der Waals surface area contributed by atoms with Crippen LogP contribution in [-0.4, -0.2) is 59.9 Å². The van der Waals surface area contributed by atoms with E-state index in [-0.39, 0.29) is 12.0 Å². The van der Waals surface area contributed by atoms with Crippen molar-refractivity contribution in [3.8, 4) is 0 Å². The second kappa shape index (κ2) is 6.34. The molecular weight excluding hydrogens is 250 g/mol. The molecule has 2 heterocycles. The fourth-order valence-corrected chi connectivity index (χ4v) is 2.71. The summed E-state index contributed by atoms with van der Waals surface area (Å²) in [7, 11) is 0. The molecule has 1 N–H and O–H groups in total. The van der Waals surface area contributed by atoms with Crippen molar-refractivity contribution in [1.29, 1.82) is 0 Å². The van der Waals surface area contributed by atoms with Crippen molar-refractivity contribution in [2.45, 2.75) is 50.9 Å². The number of hydrogen-bond donors (Lipinski definition) is 1. The van der Waals surface area contributed by atoms with Gasteiger partial charge in [-0.15, -0.1) is 0 Å². The summed E-state index contributed by atoms with van der Waals surface area (Å²) >= 11 is 0. The van der Waals surface area contributed by atoms with E-state index >= 15 is 0 Å². The van der Waals surface area contributed by atoms with E-state index in [2.05, 4.69) is 0 Å². The number of carboxylic acids is 1. The molecule has 6 nitrogen and oxygen atoms in total. The van der Waals surface area contributed by atoms with Gasteiger partial charge in [0.05, 0.1) is 6.10 Å². The first-order valence-electron chi connectivity index (χ1n) is 6.90. The molecule has 0 aromatic carbocycles. The molecule has 0 aromatic heterocycles. The van der Waals surface area contributed by atoms with E-state index in [0.717, 1.165) is 12.8 Å². The lowest BCUT2D eigenvalue weighted by Crippen LogP contribution is -2.47. The molecule has 19 heavy (non-hydrogen) atoms. The van der Waals surface area contributed by atoms with Gasteiger partial charge in [0.15, 0.2) is 6.10 Å². The molecule has 3 atom stereocenters. The van der Waals surface area contributed by atoms with Gasteiger partial charge in [-0.2, -0.15) is 0 Å². The molecule has 2 aliphatic rings. The van der Waals surface area contributed by atoms with Crippen molar-refractivity contribution in [2.24, 2.45) is 0 Å². The lowest BCUT2D eigenvalue weighted by atomic mass is 10.1. The van der Waals surface area contributed by atoms with Crippen molar-refractivity contribution in [3.05, 3.63) is 0 Å². The van der Waals surface area contributed by atoms with Gasteiger partial charge in [-0.1, -0.05) is 0 Å². The molecule has 2 fully saturated rings. The summed E-state index contributed by atoms with van der Waals surface area (Å²) < 4.78 is 10.9. The molecule has 2 rings (SSSR count). The fraction of sp³-hybridized carbons (Fsp3) is 0.846. The van der Waals surface area contributed by atoms with Crippen molar-refractivity contribution in [1.82, 2.24) is 4.90 Å². The van der Waals surface area contributed by atoms with Crippen molar-refractivity contribution < 1.29 is 24.2 Å². The fourth-order valence-electron chi connectivity index (χ4n) is 2.71. The maximum absolute atomic E-state index is 12.3. The Bertz CT molecular complexity index is 344. The van der Waals surface area contributed by atoms with Gasteiger partial charge in [-0.25, -0.2) is 4.79 Å². The molecular formula is C13H21NO5. The first-order valence-corrected chi connectivity index (χ1v) is 6.90. The largest absolute Gasteiger partial charge is 0.479 e. The van der Waals surface area contributed by atoms with Gasteiger partial charge >= 0.3 is 5.97 Å². The van der Waals surface area contributed by atoms with Crippen LogP contribution in [0.15, 0.2) is 0 Å². The number of rotatable bonds is 4. The molecule has 2 saturated heterocycles. The van der Waals surface area contributed by atoms with E-state index < -0.39 is 18.2 Å². The summed E-state index contributed by atoms with van der Waals surface area (Å²) in [6.07, 6.45) is 1.47. The highest BCUT2D eigenvalue weighted by Crippen LogP contribution is 2.23. The minimum absolute atomic E-state index is 0.0897. The van der Waals surface area contributed by atoms with Crippen LogP contribution in [0.3, 0.4) is 0 Å². The van der Waals surface area contributed by atoms with Crippen LogP contribution in [0.2, 0.25) is 0 Å². The van der Waals surface area contributed by atoms with E-state index in [9.17, 15) is 9.59 Å². The van der Waals surface area contributed by atoms with Crippen molar-refractivity contribution in [2.75, 3.05) is 19.7 Å². The van der Waals surface area contributed by atoms with Crippen LogP contribution in [0.25, 0.3) is 0 Å². The topological polar surface area (TPSA) is 76.1 Å². The Balaban J connectivity index is 1.87. The van der Waals surface area contributed by atoms with E-state index in [1.54, 1.807) is 4.90 Å². The summed E-state index contributed by atoms with van der Waals surface area (Å²) in [5.41, 5.74) is 0. The Kier molecular flexibility index (Phi) is 4.76. The zero-order valence-electron chi connectivity index (χ0n) is 11.2. The highest BCUT2D eigenvalue weighted by Gasteiger charge is 2.37. The minimum Gasteiger partial charge on any atom is -0.479 e. The third-order valence-corrected chi connectivity index (χ3v) is 3.66. The molecule has 6 heteroatoms. The van der Waals surface area contributed by atoms with Gasteiger partial charge < -0.3 is 19.5 Å². The summed E-state index contributed by atoms with van der Waals surface area (Å²) in [5, 5.41) is 8.87. The molecule has 2 aliphatic heterocycles. The average Bonchev–Trinajstić information content (AvgIpc) is 2.88. The summed E-state index contributed by atoms with van der Waals surface area (Å²) in [6, 6.07) is 0. The van der Waals surface area contributed by atoms with Crippen LogP contribution in [-0.2, 0) is 19.1 Å². The Morgan fingerprint density at radius 2 is 2.05 bits per heavy atom. The third kappa shape index (κ3) is 3.45. The van der Waals surface area contributed by atoms with Crippen LogP contribution in [0, 0.1) is 0 Å². The maximum Gasteiger partial charge on any atom is 0.332 e. The normalized spacial score (nSPS) is 31.4. The number of hydrogen-bond acceptors (Lipinski definition) is 4. The predicted octanol–water partition coefficient (Wildman–Crippen LogP) is 0.646. The van der Waals surface area contributed by atoms with Gasteiger partial charge in [0.25, 0.3) is 5.91 Å². The quantitative estimate of drug-likeness (QED) is 0.812. The lowest BCUT2D eigenvalue weighted by molar-refractivity contribution is -0.156. The highest BCUT2D eigenvalue weighted by atomic mass is 16.5. The minimum atomic E-state index is -0.985. The molecule has 0 spiro atoms. The molecule has 0 aliphatic carbocycles. The first kappa shape index (κ1) is 14.3. The van der Waals surface area contributed by atoms with Crippen LogP contribution in [0.1, 0.15) is 32.6 Å². The first-order chi connectivity index (χ1) is 9.11. The number of aliphatic carboxylic acids is 1. The van der Waals surface area contributed by atoms with Gasteiger partial charge in [0.2, 0.25) is 0 Å². The number of ether oxygens (including phenoxy) is 2. The molecule has 0 radical (unpaired) electrons. The van der Waals surface area contributed by atoms with E-state index in [1.165, 1.54) is 0 Å². The Labute approximate surface area is 112 Å². The Morgan fingerprint density at radius 1 is 1.32 bits per heavy atom. The molecule has 0 aromatic rings. The second-order valence-corrected chi connectivity index (χ2v) is 5.03. The van der Waals surface area contributed by atoms with E-state index in [0.29, 0.717) is 32.5 Å². The molecule has 1 unspecified atom stereocenters. The van der Waals surface area contributed by atoms with Crippen LogP contribution in [0.4, 0.5) is 0 Å². The number of carbonyl (C=O) groups excluding carboxylic acids is 1. The standard InChI is InChI=1S/C13H21NO5/c1-2-18-9-4-3-7-14(8-9)12(15)10-5-6-11(19-10)13(16)17/h9-11H,2-8H2,1H3,(H,16,17)/t9?,10-,11+/m0/s1. The SMILES string of the molecule is CCOC1CCCN(C(=O)[C@@H]2CC[C@H](C(=O)O)O2)C1. The van der Waals surface area contributed by atoms with Gasteiger partial charge in [-0.05, 0) is 32.6 Å². The van der Waals surface area contributed by atoms with Gasteiger partial charge in [0, 0.05) is 19.7 Å². The van der Waals surface area contributed by atoms with Crippen molar-refractivity contribution in [3.63, 3.8) is 0 Å². The summed E-state index contributed by atoms with van der Waals surface area (Å²) in [5.74, 6) is -1.07. The van der Waals surface area contributed by atoms with Crippen LogP contribution >= 0.6 is 0 Å². The number of likely N-dealkylation sites (tertiary alicyclic amines) is 1. The smallest absolute Gasteiger partial charge is 0.332 e. The highest BCUT2D eigenvalue weighted by molar-refractivity contribution is 5.82. The number of carbonyl (C=O) groups is 2. The van der Waals surface area contributed by atoms with Crippen LogP contribution in [0.5, 0.6) is 0 Å².